The van der Waals surface area contributed by atoms with Gasteiger partial charge < -0.3 is 20.4 Å². The minimum Gasteiger partial charge on any atom is -0.369 e. The first-order valence-corrected chi connectivity index (χ1v) is 16.7. The fourth-order valence-corrected chi connectivity index (χ4v) is 6.79. The van der Waals surface area contributed by atoms with Crippen LogP contribution in [0.5, 0.6) is 0 Å². The van der Waals surface area contributed by atoms with Gasteiger partial charge in [0.2, 0.25) is 0 Å². The van der Waals surface area contributed by atoms with E-state index in [1.54, 1.807) is 42.5 Å². The van der Waals surface area contributed by atoms with Crippen LogP contribution in [0.2, 0.25) is 0 Å². The second kappa shape index (κ2) is 14.1. The number of amides is 3. The van der Waals surface area contributed by atoms with Crippen LogP contribution in [0.3, 0.4) is 0 Å². The average Bonchev–Trinajstić information content (AvgIpc) is 3.28. The molecule has 1 saturated carbocycles. The Balaban J connectivity index is 1.35. The highest BCUT2D eigenvalue weighted by atomic mass is 32.2. The van der Waals surface area contributed by atoms with E-state index < -0.39 is 15.9 Å². The molecule has 0 bridgehead atoms. The molecule has 0 spiro atoms. The first-order valence-electron chi connectivity index (χ1n) is 15.2. The van der Waals surface area contributed by atoms with Crippen LogP contribution < -0.4 is 20.3 Å². The van der Waals surface area contributed by atoms with E-state index in [2.05, 4.69) is 20.3 Å². The first kappa shape index (κ1) is 31.3. The Labute approximate surface area is 258 Å². The lowest BCUT2D eigenvalue weighted by Crippen LogP contribution is -2.46. The monoisotopic (exact) mass is 621 g/mol. The molecule has 44 heavy (non-hydrogen) atoms. The highest BCUT2D eigenvalue weighted by Gasteiger charge is 2.25. The van der Waals surface area contributed by atoms with E-state index in [4.69, 9.17) is 0 Å². The molecular weight excluding hydrogens is 581 g/mol. The van der Waals surface area contributed by atoms with Crippen LogP contribution in [-0.4, -0.2) is 57.5 Å². The lowest BCUT2D eigenvalue weighted by Gasteiger charge is -2.28. The minimum atomic E-state index is -3.89. The molecule has 9 nitrogen and oxygen atoms in total. The maximum absolute atomic E-state index is 13.6. The number of hydrogen-bond acceptors (Lipinski definition) is 5. The van der Waals surface area contributed by atoms with Crippen molar-refractivity contribution < 1.29 is 22.4 Å². The van der Waals surface area contributed by atoms with E-state index in [-0.39, 0.29) is 35.0 Å². The van der Waals surface area contributed by atoms with Gasteiger partial charge in [-0.25, -0.2) is 17.6 Å². The Kier molecular flexibility index (Phi) is 10.0. The molecular formula is C33H40FN5O4S. The number of nitrogens with one attached hydrogen (secondary N) is 3. The summed E-state index contributed by atoms with van der Waals surface area (Å²) in [7, 11) is -3.89. The van der Waals surface area contributed by atoms with Crippen molar-refractivity contribution in [3.63, 3.8) is 0 Å². The van der Waals surface area contributed by atoms with Gasteiger partial charge in [0, 0.05) is 50.1 Å². The summed E-state index contributed by atoms with van der Waals surface area (Å²) < 4.78 is 42.2. The van der Waals surface area contributed by atoms with Gasteiger partial charge in [0.25, 0.3) is 15.9 Å². The minimum absolute atomic E-state index is 0.0446. The van der Waals surface area contributed by atoms with Gasteiger partial charge in [-0.15, -0.1) is 0 Å². The van der Waals surface area contributed by atoms with Crippen LogP contribution in [0, 0.1) is 12.7 Å². The number of carbonyl (C=O) groups is 2. The normalized spacial score (nSPS) is 16.2. The number of hydrogen-bond donors (Lipinski definition) is 3. The molecule has 0 radical (unpaired) electrons. The second-order valence-corrected chi connectivity index (χ2v) is 13.3. The van der Waals surface area contributed by atoms with Crippen molar-refractivity contribution in [2.45, 2.75) is 62.9 Å². The van der Waals surface area contributed by atoms with Gasteiger partial charge in [0.15, 0.2) is 0 Å². The number of benzene rings is 3. The van der Waals surface area contributed by atoms with E-state index >= 15 is 0 Å². The SMILES string of the molecule is Cc1ccc(S(=O)(=O)Nc2ccc(N3CCCN(C(=O)NC4CCCCC4)CC3)c(C(=O)NCc3ccc(F)cc3)c2)cc1. The fourth-order valence-electron chi connectivity index (χ4n) is 5.74. The zero-order chi connectivity index (χ0) is 31.1. The van der Waals surface area contributed by atoms with Gasteiger partial charge in [-0.1, -0.05) is 49.1 Å². The summed E-state index contributed by atoms with van der Waals surface area (Å²) in [5.41, 5.74) is 2.87. The molecule has 1 aliphatic heterocycles. The van der Waals surface area contributed by atoms with Gasteiger partial charge >= 0.3 is 6.03 Å². The third kappa shape index (κ3) is 8.07. The number of nitrogens with zero attached hydrogens (tertiary/aromatic N) is 2. The van der Waals surface area contributed by atoms with Crippen LogP contribution >= 0.6 is 0 Å². The van der Waals surface area contributed by atoms with Crippen LogP contribution in [0.25, 0.3) is 0 Å². The molecule has 11 heteroatoms. The first-order chi connectivity index (χ1) is 21.2. The van der Waals surface area contributed by atoms with Gasteiger partial charge in [0.1, 0.15) is 5.82 Å². The predicted molar refractivity (Wildman–Crippen MR) is 170 cm³/mol. The summed E-state index contributed by atoms with van der Waals surface area (Å²) in [5.74, 6) is -0.754. The highest BCUT2D eigenvalue weighted by molar-refractivity contribution is 7.92. The lowest BCUT2D eigenvalue weighted by atomic mass is 9.96. The maximum atomic E-state index is 13.6. The van der Waals surface area contributed by atoms with Crippen molar-refractivity contribution in [1.82, 2.24) is 15.5 Å². The Morgan fingerprint density at radius 2 is 1.59 bits per heavy atom. The molecule has 1 saturated heterocycles. The Bertz CT molecular complexity index is 1560. The quantitative estimate of drug-likeness (QED) is 0.311. The fraction of sp³-hybridized carbons (Fsp3) is 0.394. The van der Waals surface area contributed by atoms with Crippen molar-refractivity contribution in [2.75, 3.05) is 35.8 Å². The van der Waals surface area contributed by atoms with Gasteiger partial charge in [-0.3, -0.25) is 9.52 Å². The van der Waals surface area contributed by atoms with Crippen LogP contribution in [0.4, 0.5) is 20.6 Å². The highest BCUT2D eigenvalue weighted by Crippen LogP contribution is 2.28. The summed E-state index contributed by atoms with van der Waals surface area (Å²) in [4.78, 5) is 30.7. The second-order valence-electron chi connectivity index (χ2n) is 11.6. The van der Waals surface area contributed by atoms with E-state index in [1.165, 1.54) is 30.7 Å². The van der Waals surface area contributed by atoms with Crippen molar-refractivity contribution in [3.05, 3.63) is 89.2 Å². The zero-order valence-electron chi connectivity index (χ0n) is 25.0. The smallest absolute Gasteiger partial charge is 0.317 e. The summed E-state index contributed by atoms with van der Waals surface area (Å²) in [6, 6.07) is 17.5. The van der Waals surface area contributed by atoms with Gasteiger partial charge in [0.05, 0.1) is 10.5 Å². The molecule has 234 valence electrons. The maximum Gasteiger partial charge on any atom is 0.317 e. The third-order valence-electron chi connectivity index (χ3n) is 8.25. The van der Waals surface area contributed by atoms with Gasteiger partial charge in [-0.2, -0.15) is 0 Å². The summed E-state index contributed by atoms with van der Waals surface area (Å²) in [6.45, 7) is 4.30. The Morgan fingerprint density at radius 1 is 0.864 bits per heavy atom. The zero-order valence-corrected chi connectivity index (χ0v) is 25.8. The van der Waals surface area contributed by atoms with Crippen molar-refractivity contribution in [2.24, 2.45) is 0 Å². The summed E-state index contributed by atoms with van der Waals surface area (Å²) in [5, 5.41) is 6.09. The molecule has 3 amide bonds. The standard InChI is InChI=1S/C33H40FN5O4S/c1-24-8-15-29(16-9-24)44(42,43)37-28-14-17-31(30(22-28)32(40)35-23-25-10-12-26(34)13-11-25)38-18-5-19-39(21-20-38)33(41)36-27-6-3-2-4-7-27/h8-17,22,27,37H,2-7,18-21,23H2,1H3,(H,35,40)(H,36,41). The number of rotatable bonds is 8. The predicted octanol–water partition coefficient (Wildman–Crippen LogP) is 5.42. The molecule has 3 aromatic carbocycles. The molecule has 2 aliphatic rings. The van der Waals surface area contributed by atoms with E-state index in [1.807, 2.05) is 11.8 Å². The van der Waals surface area contributed by atoms with Crippen LogP contribution in [-0.2, 0) is 16.6 Å². The number of carbonyl (C=O) groups excluding carboxylic acids is 2. The molecule has 3 N–H and O–H groups in total. The molecule has 0 aromatic heterocycles. The van der Waals surface area contributed by atoms with Crippen molar-refractivity contribution in [1.29, 1.82) is 0 Å². The number of urea groups is 1. The lowest BCUT2D eigenvalue weighted by molar-refractivity contribution is 0.0951. The summed E-state index contributed by atoms with van der Waals surface area (Å²) >= 11 is 0. The largest absolute Gasteiger partial charge is 0.369 e. The molecule has 3 aromatic rings. The molecule has 0 unspecified atom stereocenters. The Hall–Kier alpha value is -4.12. The third-order valence-corrected chi connectivity index (χ3v) is 9.64. The Morgan fingerprint density at radius 3 is 2.32 bits per heavy atom. The van der Waals surface area contributed by atoms with E-state index in [0.29, 0.717) is 37.4 Å². The number of sulfonamides is 1. The van der Waals surface area contributed by atoms with Crippen molar-refractivity contribution >= 4 is 33.3 Å². The number of aryl methyl sites for hydroxylation is 1. The molecule has 5 rings (SSSR count). The number of halogens is 1. The van der Waals surface area contributed by atoms with E-state index in [0.717, 1.165) is 43.2 Å². The number of anilines is 2. The van der Waals surface area contributed by atoms with Gasteiger partial charge in [-0.05, 0) is 74.2 Å². The van der Waals surface area contributed by atoms with Crippen molar-refractivity contribution in [3.8, 4) is 0 Å². The summed E-state index contributed by atoms with van der Waals surface area (Å²) in [6.07, 6.45) is 6.25. The molecule has 1 heterocycles. The topological polar surface area (TPSA) is 111 Å². The van der Waals surface area contributed by atoms with Crippen LogP contribution in [0.1, 0.15) is 60.0 Å². The molecule has 2 fully saturated rings. The van der Waals surface area contributed by atoms with E-state index in [9.17, 15) is 22.4 Å². The van der Waals surface area contributed by atoms with Crippen LogP contribution in [0.15, 0.2) is 71.6 Å². The average molecular weight is 622 g/mol. The molecule has 0 atom stereocenters. The molecule has 1 aliphatic carbocycles.